The smallest absolute Gasteiger partial charge is 0.251 e. The van der Waals surface area contributed by atoms with Gasteiger partial charge in [0.15, 0.2) is 5.78 Å². The standard InChI is InChI=1S/C48H64N2O4/c1-6-7-8-9-10-11-12-13-14-15-16-17-18-19-20-21-22-23-45(52)49-34-36-54-37-35-50-46(53)40-27-24-39(25-28-40)26-31-44(51)41-29-30-42-43(38-41)48(4,5)33-32-47(42,2)3/h7-8,10-11,13-14,16-17,19-20,24-31,38H,6,9,12,15,18,21-23,32-37H2,1-5H3,(H,49,52)(H,50,53)/b8-7-,11-10-,14-13-,17-16-,20-19-,31-26+. The van der Waals surface area contributed by atoms with Crippen LogP contribution in [0.3, 0.4) is 0 Å². The monoisotopic (exact) mass is 732 g/mol. The second-order valence-electron chi connectivity index (χ2n) is 15.2. The maximum atomic E-state index is 13.1. The fraction of sp³-hybridized carbons (Fsp3) is 0.438. The summed E-state index contributed by atoms with van der Waals surface area (Å²) >= 11 is 0. The molecule has 0 radical (unpaired) electrons. The van der Waals surface area contributed by atoms with Crippen molar-refractivity contribution in [2.24, 2.45) is 0 Å². The van der Waals surface area contributed by atoms with Gasteiger partial charge in [-0.3, -0.25) is 14.4 Å². The van der Waals surface area contributed by atoms with Gasteiger partial charge in [-0.25, -0.2) is 0 Å². The van der Waals surface area contributed by atoms with E-state index in [1.54, 1.807) is 24.3 Å². The van der Waals surface area contributed by atoms with Crippen molar-refractivity contribution in [3.63, 3.8) is 0 Å². The van der Waals surface area contributed by atoms with Gasteiger partial charge in [0, 0.05) is 30.6 Å². The summed E-state index contributed by atoms with van der Waals surface area (Å²) in [5.41, 5.74) is 4.84. The molecule has 1 aliphatic carbocycles. The zero-order valence-corrected chi connectivity index (χ0v) is 33.5. The Bertz CT molecular complexity index is 1650. The molecular formula is C48H64N2O4. The lowest BCUT2D eigenvalue weighted by molar-refractivity contribution is -0.121. The SMILES string of the molecule is CC/C=C\C/C=C\C/C=C\C/C=C\C/C=C\CCCC(=O)NCCOCCNC(=O)c1ccc(/C=C/C(=O)c2ccc3c(c2)C(C)(C)CCC3(C)C)cc1. The molecule has 6 heteroatoms. The molecule has 0 atom stereocenters. The number of allylic oxidation sites excluding steroid dienone is 11. The Hall–Kier alpha value is -4.55. The summed E-state index contributed by atoms with van der Waals surface area (Å²) in [6.45, 7) is 12.8. The van der Waals surface area contributed by atoms with Gasteiger partial charge in [0.1, 0.15) is 0 Å². The van der Waals surface area contributed by atoms with Gasteiger partial charge >= 0.3 is 0 Å². The number of carbonyl (C=O) groups is 3. The average Bonchev–Trinajstić information content (AvgIpc) is 3.16. The molecule has 290 valence electrons. The number of rotatable bonds is 23. The highest BCUT2D eigenvalue weighted by Gasteiger charge is 2.37. The van der Waals surface area contributed by atoms with Crippen LogP contribution in [0, 0.1) is 0 Å². The van der Waals surface area contributed by atoms with Gasteiger partial charge in [0.05, 0.1) is 13.2 Å². The number of carbonyl (C=O) groups excluding carboxylic acids is 3. The molecule has 0 bridgehead atoms. The number of fused-ring (bicyclic) bond motifs is 1. The molecule has 2 N–H and O–H groups in total. The van der Waals surface area contributed by atoms with Crippen LogP contribution in [0.4, 0.5) is 0 Å². The summed E-state index contributed by atoms with van der Waals surface area (Å²) in [6, 6.07) is 13.3. The van der Waals surface area contributed by atoms with Gasteiger partial charge in [-0.1, -0.05) is 126 Å². The van der Waals surface area contributed by atoms with Crippen LogP contribution in [0.5, 0.6) is 0 Å². The fourth-order valence-corrected chi connectivity index (χ4v) is 6.30. The lowest BCUT2D eigenvalue weighted by Gasteiger charge is -2.42. The zero-order chi connectivity index (χ0) is 39.1. The summed E-state index contributed by atoms with van der Waals surface area (Å²) in [5, 5.41) is 5.75. The maximum Gasteiger partial charge on any atom is 0.251 e. The molecule has 0 unspecified atom stereocenters. The molecule has 0 heterocycles. The Morgan fingerprint density at radius 3 is 1.81 bits per heavy atom. The lowest BCUT2D eigenvalue weighted by Crippen LogP contribution is -2.34. The summed E-state index contributed by atoms with van der Waals surface area (Å²) < 4.78 is 5.57. The van der Waals surface area contributed by atoms with Gasteiger partial charge in [0.2, 0.25) is 5.91 Å². The van der Waals surface area contributed by atoms with Crippen molar-refractivity contribution < 1.29 is 19.1 Å². The van der Waals surface area contributed by atoms with Crippen LogP contribution in [0.25, 0.3) is 6.08 Å². The van der Waals surface area contributed by atoms with E-state index in [1.165, 1.54) is 11.1 Å². The van der Waals surface area contributed by atoms with Gasteiger partial charge in [-0.05, 0) is 110 Å². The predicted octanol–water partition coefficient (Wildman–Crippen LogP) is 10.7. The molecule has 6 nitrogen and oxygen atoms in total. The molecule has 0 saturated heterocycles. The number of amides is 2. The summed E-state index contributed by atoms with van der Waals surface area (Å²) in [4.78, 5) is 37.7. The second-order valence-corrected chi connectivity index (χ2v) is 15.2. The van der Waals surface area contributed by atoms with Crippen molar-refractivity contribution in [3.8, 4) is 0 Å². The molecule has 2 aromatic rings. The fourth-order valence-electron chi connectivity index (χ4n) is 6.30. The number of hydrogen-bond donors (Lipinski definition) is 2. The highest BCUT2D eigenvalue weighted by atomic mass is 16.5. The average molecular weight is 733 g/mol. The number of nitrogens with one attached hydrogen (secondary N) is 2. The number of benzene rings is 2. The first-order valence-electron chi connectivity index (χ1n) is 19.9. The Morgan fingerprint density at radius 2 is 1.20 bits per heavy atom. The molecular weight excluding hydrogens is 669 g/mol. The number of ketones is 1. The zero-order valence-electron chi connectivity index (χ0n) is 33.5. The Labute approximate surface area is 325 Å². The van der Waals surface area contributed by atoms with E-state index in [1.807, 2.05) is 18.2 Å². The normalized spacial score (nSPS) is 15.3. The minimum absolute atomic E-state index is 0.0219. The van der Waals surface area contributed by atoms with E-state index in [0.29, 0.717) is 43.9 Å². The molecule has 0 aliphatic heterocycles. The highest BCUT2D eigenvalue weighted by Crippen LogP contribution is 2.46. The first-order valence-corrected chi connectivity index (χ1v) is 19.9. The molecule has 1 aliphatic rings. The molecule has 0 aromatic heterocycles. The molecule has 2 aromatic carbocycles. The molecule has 0 fully saturated rings. The van der Waals surface area contributed by atoms with Crippen LogP contribution in [0.1, 0.15) is 136 Å². The number of hydrogen-bond acceptors (Lipinski definition) is 4. The lowest BCUT2D eigenvalue weighted by atomic mass is 9.63. The first kappa shape index (κ1) is 43.9. The molecule has 2 amide bonds. The molecule has 0 spiro atoms. The third-order valence-electron chi connectivity index (χ3n) is 9.77. The van der Waals surface area contributed by atoms with E-state index in [0.717, 1.165) is 63.4 Å². The Morgan fingerprint density at radius 1 is 0.667 bits per heavy atom. The molecule has 3 rings (SSSR count). The van der Waals surface area contributed by atoms with E-state index in [2.05, 4.69) is 118 Å². The summed E-state index contributed by atoms with van der Waals surface area (Å²) in [6.07, 6.45) is 34.5. The van der Waals surface area contributed by atoms with Gasteiger partial charge in [-0.2, -0.15) is 0 Å². The van der Waals surface area contributed by atoms with Gasteiger partial charge in [-0.15, -0.1) is 0 Å². The molecule has 54 heavy (non-hydrogen) atoms. The topological polar surface area (TPSA) is 84.5 Å². The van der Waals surface area contributed by atoms with Crippen LogP contribution < -0.4 is 10.6 Å². The van der Waals surface area contributed by atoms with E-state index >= 15 is 0 Å². The molecule has 0 saturated carbocycles. The van der Waals surface area contributed by atoms with Crippen molar-refractivity contribution in [3.05, 3.63) is 137 Å². The van der Waals surface area contributed by atoms with E-state index in [-0.39, 0.29) is 28.4 Å². The van der Waals surface area contributed by atoms with Crippen molar-refractivity contribution in [1.29, 1.82) is 0 Å². The van der Waals surface area contributed by atoms with Crippen molar-refractivity contribution in [2.75, 3.05) is 26.3 Å². The maximum absolute atomic E-state index is 13.1. The largest absolute Gasteiger partial charge is 0.378 e. The van der Waals surface area contributed by atoms with Crippen LogP contribution in [0.15, 0.2) is 109 Å². The third kappa shape index (κ3) is 16.2. The van der Waals surface area contributed by atoms with Crippen molar-refractivity contribution in [2.45, 2.75) is 110 Å². The van der Waals surface area contributed by atoms with Crippen LogP contribution in [-0.2, 0) is 20.4 Å². The predicted molar refractivity (Wildman–Crippen MR) is 226 cm³/mol. The minimum atomic E-state index is -0.189. The number of ether oxygens (including phenoxy) is 1. The quantitative estimate of drug-likeness (QED) is 0.0516. The second kappa shape index (κ2) is 24.0. The van der Waals surface area contributed by atoms with Crippen LogP contribution >= 0.6 is 0 Å². The summed E-state index contributed by atoms with van der Waals surface area (Å²) in [5.74, 6) is -0.199. The Kier molecular flexibility index (Phi) is 19.5. The van der Waals surface area contributed by atoms with E-state index in [4.69, 9.17) is 4.74 Å². The van der Waals surface area contributed by atoms with Gasteiger partial charge < -0.3 is 15.4 Å². The van der Waals surface area contributed by atoms with Crippen LogP contribution in [-0.4, -0.2) is 43.9 Å². The summed E-state index contributed by atoms with van der Waals surface area (Å²) in [7, 11) is 0. The van der Waals surface area contributed by atoms with Crippen LogP contribution in [0.2, 0.25) is 0 Å². The number of unbranched alkanes of at least 4 members (excludes halogenated alkanes) is 1. The van der Waals surface area contributed by atoms with Crippen molar-refractivity contribution >= 4 is 23.7 Å². The Balaban J connectivity index is 1.21. The first-order chi connectivity index (χ1) is 26.0. The highest BCUT2D eigenvalue weighted by molar-refractivity contribution is 6.07. The van der Waals surface area contributed by atoms with Gasteiger partial charge in [0.25, 0.3) is 5.91 Å². The minimum Gasteiger partial charge on any atom is -0.378 e. The van der Waals surface area contributed by atoms with E-state index in [9.17, 15) is 14.4 Å². The van der Waals surface area contributed by atoms with E-state index < -0.39 is 0 Å². The third-order valence-corrected chi connectivity index (χ3v) is 9.77. The van der Waals surface area contributed by atoms with Crippen molar-refractivity contribution in [1.82, 2.24) is 10.6 Å².